The van der Waals surface area contributed by atoms with E-state index in [1.165, 1.54) is 20.2 Å². The van der Waals surface area contributed by atoms with Crippen LogP contribution in [0.5, 0.6) is 0 Å². The summed E-state index contributed by atoms with van der Waals surface area (Å²) in [6.07, 6.45) is 0. The van der Waals surface area contributed by atoms with E-state index in [-0.39, 0.29) is 0 Å². The molecule has 3 nitrogen and oxygen atoms in total. The molecule has 2 aromatic heterocycles. The van der Waals surface area contributed by atoms with E-state index in [0.29, 0.717) is 0 Å². The molecule has 46 heavy (non-hydrogen) atoms. The van der Waals surface area contributed by atoms with Crippen LogP contribution in [0.2, 0.25) is 0 Å². The summed E-state index contributed by atoms with van der Waals surface area (Å²) in [6, 6.07) is 60.1. The van der Waals surface area contributed by atoms with Crippen LogP contribution < -0.4 is 9.80 Å². The molecule has 7 aromatic carbocycles. The van der Waals surface area contributed by atoms with Crippen molar-refractivity contribution >= 4 is 87.6 Å². The van der Waals surface area contributed by atoms with Crippen LogP contribution >= 0.6 is 11.3 Å². The number of benzene rings is 7. The predicted octanol–water partition coefficient (Wildman–Crippen LogP) is 12.9. The number of furan rings is 1. The van der Waals surface area contributed by atoms with Gasteiger partial charge in [0, 0.05) is 65.1 Å². The Morgan fingerprint density at radius 3 is 1.33 bits per heavy atom. The van der Waals surface area contributed by atoms with Gasteiger partial charge in [0.05, 0.1) is 0 Å². The monoisotopic (exact) mass is 608 g/mol. The number of rotatable bonds is 6. The second-order valence-electron chi connectivity index (χ2n) is 11.4. The van der Waals surface area contributed by atoms with E-state index in [4.69, 9.17) is 4.42 Å². The highest BCUT2D eigenvalue weighted by Crippen LogP contribution is 2.43. The lowest BCUT2D eigenvalue weighted by Crippen LogP contribution is -2.09. The molecule has 0 atom stereocenters. The van der Waals surface area contributed by atoms with Gasteiger partial charge in [0.15, 0.2) is 0 Å². The summed E-state index contributed by atoms with van der Waals surface area (Å²) in [6.45, 7) is 0. The van der Waals surface area contributed by atoms with E-state index in [0.717, 1.165) is 56.1 Å². The fourth-order valence-corrected chi connectivity index (χ4v) is 7.65. The molecule has 0 bridgehead atoms. The van der Waals surface area contributed by atoms with Gasteiger partial charge in [0.1, 0.15) is 11.2 Å². The molecular weight excluding hydrogens is 581 g/mol. The largest absolute Gasteiger partial charge is 0.456 e. The molecule has 4 heteroatoms. The average molecular weight is 609 g/mol. The minimum absolute atomic E-state index is 0.870. The molecule has 0 amide bonds. The third-order valence-corrected chi connectivity index (χ3v) is 9.75. The first-order valence-corrected chi connectivity index (χ1v) is 16.2. The smallest absolute Gasteiger partial charge is 0.135 e. The third kappa shape index (κ3) is 4.50. The lowest BCUT2D eigenvalue weighted by molar-refractivity contribution is 0.669. The van der Waals surface area contributed by atoms with Crippen LogP contribution in [0.4, 0.5) is 34.1 Å². The Balaban J connectivity index is 1.21. The third-order valence-electron chi connectivity index (χ3n) is 8.62. The fourth-order valence-electron chi connectivity index (χ4n) is 6.51. The highest BCUT2D eigenvalue weighted by molar-refractivity contribution is 7.25. The summed E-state index contributed by atoms with van der Waals surface area (Å²) in [5, 5.41) is 4.77. The number of anilines is 6. The maximum absolute atomic E-state index is 6.40. The first-order valence-electron chi connectivity index (χ1n) is 15.4. The molecule has 0 fully saturated rings. The second-order valence-corrected chi connectivity index (χ2v) is 12.5. The van der Waals surface area contributed by atoms with E-state index in [2.05, 4.69) is 180 Å². The van der Waals surface area contributed by atoms with E-state index in [9.17, 15) is 0 Å². The zero-order chi connectivity index (χ0) is 30.5. The Morgan fingerprint density at radius 2 is 0.761 bits per heavy atom. The number of hydrogen-bond acceptors (Lipinski definition) is 4. The van der Waals surface area contributed by atoms with E-state index in [1.54, 1.807) is 0 Å². The summed E-state index contributed by atoms with van der Waals surface area (Å²) in [4.78, 5) is 4.63. The lowest BCUT2D eigenvalue weighted by Gasteiger charge is -2.26. The maximum Gasteiger partial charge on any atom is 0.135 e. The molecule has 2 heterocycles. The number of fused-ring (bicyclic) bond motifs is 6. The molecule has 0 aliphatic heterocycles. The van der Waals surface area contributed by atoms with E-state index >= 15 is 0 Å². The van der Waals surface area contributed by atoms with Crippen molar-refractivity contribution in [2.45, 2.75) is 0 Å². The molecule has 0 saturated carbocycles. The summed E-state index contributed by atoms with van der Waals surface area (Å²) >= 11 is 1.84. The number of thiophene rings is 1. The molecule has 9 rings (SSSR count). The molecule has 0 spiro atoms. The Bertz CT molecular complexity index is 2440. The van der Waals surface area contributed by atoms with Gasteiger partial charge in [-0.05, 0) is 91.0 Å². The molecule has 0 saturated heterocycles. The van der Waals surface area contributed by atoms with Crippen molar-refractivity contribution in [1.29, 1.82) is 0 Å². The normalized spacial score (nSPS) is 11.5. The highest BCUT2D eigenvalue weighted by atomic mass is 32.1. The van der Waals surface area contributed by atoms with Gasteiger partial charge in [-0.1, -0.05) is 78.9 Å². The second kappa shape index (κ2) is 11.0. The van der Waals surface area contributed by atoms with E-state index < -0.39 is 0 Å². The quantitative estimate of drug-likeness (QED) is 0.187. The molecule has 0 radical (unpaired) electrons. The maximum atomic E-state index is 6.40. The van der Waals surface area contributed by atoms with Crippen LogP contribution in [0.1, 0.15) is 0 Å². The minimum Gasteiger partial charge on any atom is -0.456 e. The van der Waals surface area contributed by atoms with Crippen LogP contribution in [0, 0.1) is 0 Å². The molecular formula is C42H28N2OS. The van der Waals surface area contributed by atoms with Crippen molar-refractivity contribution in [3.63, 3.8) is 0 Å². The van der Waals surface area contributed by atoms with Crippen LogP contribution in [-0.4, -0.2) is 0 Å². The lowest BCUT2D eigenvalue weighted by atomic mass is 10.1. The molecule has 0 aliphatic rings. The average Bonchev–Trinajstić information content (AvgIpc) is 3.67. The van der Waals surface area contributed by atoms with Crippen molar-refractivity contribution in [3.05, 3.63) is 170 Å². The van der Waals surface area contributed by atoms with E-state index in [1.807, 2.05) is 11.3 Å². The molecule has 0 unspecified atom stereocenters. The number of nitrogens with zero attached hydrogens (tertiary/aromatic N) is 2. The van der Waals surface area contributed by atoms with Crippen molar-refractivity contribution < 1.29 is 4.42 Å². The summed E-state index contributed by atoms with van der Waals surface area (Å²) < 4.78 is 8.99. The summed E-state index contributed by atoms with van der Waals surface area (Å²) in [5.41, 5.74) is 8.34. The van der Waals surface area contributed by atoms with Gasteiger partial charge in [0.2, 0.25) is 0 Å². The SMILES string of the molecule is c1ccc(N(c2ccccc2)c2ccc3oc4ccc(N(c5ccccc5)c5ccc6c(c5)sc5ccccc56)cc4c3c2)cc1. The first kappa shape index (κ1) is 26.6. The molecule has 9 aromatic rings. The summed E-state index contributed by atoms with van der Waals surface area (Å²) in [5.74, 6) is 0. The first-order chi connectivity index (χ1) is 22.8. The van der Waals surface area contributed by atoms with Crippen LogP contribution in [0.15, 0.2) is 174 Å². The van der Waals surface area contributed by atoms with Gasteiger partial charge in [-0.2, -0.15) is 0 Å². The minimum atomic E-state index is 0.870. The van der Waals surface area contributed by atoms with Gasteiger partial charge in [-0.3, -0.25) is 0 Å². The van der Waals surface area contributed by atoms with Crippen LogP contribution in [0.25, 0.3) is 42.1 Å². The van der Waals surface area contributed by atoms with Crippen molar-refractivity contribution in [1.82, 2.24) is 0 Å². The van der Waals surface area contributed by atoms with Gasteiger partial charge >= 0.3 is 0 Å². The van der Waals surface area contributed by atoms with Gasteiger partial charge in [-0.25, -0.2) is 0 Å². The van der Waals surface area contributed by atoms with Gasteiger partial charge in [-0.15, -0.1) is 11.3 Å². The Hall–Kier alpha value is -5.84. The molecule has 218 valence electrons. The topological polar surface area (TPSA) is 19.6 Å². The van der Waals surface area contributed by atoms with Crippen LogP contribution in [0.3, 0.4) is 0 Å². The van der Waals surface area contributed by atoms with Crippen molar-refractivity contribution in [3.8, 4) is 0 Å². The number of hydrogen-bond donors (Lipinski definition) is 0. The molecule has 0 aliphatic carbocycles. The highest BCUT2D eigenvalue weighted by Gasteiger charge is 2.18. The fraction of sp³-hybridized carbons (Fsp3) is 0. The van der Waals surface area contributed by atoms with Gasteiger partial charge < -0.3 is 14.2 Å². The standard InChI is InChI=1S/C42H28N2OS/c1-4-12-29(13-5-1)43(30-14-6-2-7-15-30)32-21-24-39-37(26-32)38-27-33(22-25-40(38)45-39)44(31-16-8-3-9-17-31)34-20-23-36-35-18-10-11-19-41(35)46-42(36)28-34/h1-28H. The summed E-state index contributed by atoms with van der Waals surface area (Å²) in [7, 11) is 0. The Morgan fingerprint density at radius 1 is 0.326 bits per heavy atom. The van der Waals surface area contributed by atoms with Crippen molar-refractivity contribution in [2.24, 2.45) is 0 Å². The zero-order valence-electron chi connectivity index (χ0n) is 24.9. The number of para-hydroxylation sites is 3. The van der Waals surface area contributed by atoms with Crippen LogP contribution in [-0.2, 0) is 0 Å². The van der Waals surface area contributed by atoms with Gasteiger partial charge in [0.25, 0.3) is 0 Å². The Kier molecular flexibility index (Phi) is 6.32. The van der Waals surface area contributed by atoms with Crippen molar-refractivity contribution in [2.75, 3.05) is 9.80 Å². The Labute approximate surface area is 270 Å². The zero-order valence-corrected chi connectivity index (χ0v) is 25.7. The molecule has 0 N–H and O–H groups in total. The predicted molar refractivity (Wildman–Crippen MR) is 196 cm³/mol.